The molecule has 0 aliphatic carbocycles. The van der Waals surface area contributed by atoms with Crippen LogP contribution in [-0.2, 0) is 6.18 Å². The third-order valence-corrected chi connectivity index (χ3v) is 1.65. The monoisotopic (exact) mass is 207 g/mol. The highest BCUT2D eigenvalue weighted by molar-refractivity contribution is 6.31. The average Bonchev–Trinajstić information content (AvgIpc) is 2.01. The highest BCUT2D eigenvalue weighted by Gasteiger charge is 2.34. The van der Waals surface area contributed by atoms with Gasteiger partial charge in [0.2, 0.25) is 0 Å². The Balaban J connectivity index is 3.20. The third kappa shape index (κ3) is 2.21. The number of hydrogen-bond donors (Lipinski definition) is 0. The van der Waals surface area contributed by atoms with Crippen LogP contribution >= 0.6 is 11.6 Å². The second-order valence-corrected chi connectivity index (χ2v) is 2.71. The van der Waals surface area contributed by atoms with Crippen molar-refractivity contribution < 1.29 is 13.2 Å². The largest absolute Gasteiger partial charge is 0.434 e. The number of rotatable bonds is 1. The maximum absolute atomic E-state index is 12.1. The van der Waals surface area contributed by atoms with Crippen molar-refractivity contribution in [2.24, 2.45) is 0 Å². The number of aromatic nitrogens is 1. The predicted octanol–water partition coefficient (Wildman–Crippen LogP) is 3.40. The Morgan fingerprint density at radius 2 is 2.08 bits per heavy atom. The van der Waals surface area contributed by atoms with E-state index in [-0.39, 0.29) is 0 Å². The van der Waals surface area contributed by atoms with E-state index in [2.05, 4.69) is 11.6 Å². The summed E-state index contributed by atoms with van der Waals surface area (Å²) in [5, 5.41) is -0.412. The first kappa shape index (κ1) is 10.1. The summed E-state index contributed by atoms with van der Waals surface area (Å²) in [6.07, 6.45) is -2.06. The molecule has 0 bridgehead atoms. The van der Waals surface area contributed by atoms with Crippen molar-refractivity contribution >= 4 is 17.7 Å². The molecule has 1 aromatic heterocycles. The van der Waals surface area contributed by atoms with Crippen molar-refractivity contribution in [3.05, 3.63) is 35.1 Å². The Labute approximate surface area is 77.9 Å². The molecule has 0 radical (unpaired) electrons. The fourth-order valence-electron chi connectivity index (χ4n) is 0.773. The molecular formula is C8H5ClF3N. The van der Waals surface area contributed by atoms with Gasteiger partial charge in [-0.3, -0.25) is 0 Å². The summed E-state index contributed by atoms with van der Waals surface area (Å²) in [5.41, 5.74) is -0.613. The zero-order chi connectivity index (χ0) is 10.1. The van der Waals surface area contributed by atoms with E-state index in [1.807, 2.05) is 0 Å². The number of nitrogens with zero attached hydrogens (tertiary/aromatic N) is 1. The summed E-state index contributed by atoms with van der Waals surface area (Å²) >= 11 is 5.36. The van der Waals surface area contributed by atoms with Crippen LogP contribution in [0.3, 0.4) is 0 Å². The van der Waals surface area contributed by atoms with Gasteiger partial charge < -0.3 is 0 Å². The van der Waals surface area contributed by atoms with Crippen molar-refractivity contribution in [1.82, 2.24) is 4.98 Å². The molecule has 0 fully saturated rings. The van der Waals surface area contributed by atoms with Crippen LogP contribution in [0.1, 0.15) is 11.3 Å². The molecule has 0 aliphatic rings. The molecule has 0 saturated heterocycles. The van der Waals surface area contributed by atoms with Gasteiger partial charge in [0.05, 0.1) is 5.02 Å². The van der Waals surface area contributed by atoms with Gasteiger partial charge in [-0.15, -0.1) is 0 Å². The fraction of sp³-hybridized carbons (Fsp3) is 0.125. The standard InChI is InChI=1S/C8H5ClF3N/c1-2-5-3-6(9)7(13-4-5)8(10,11)12/h2-4H,1H2. The van der Waals surface area contributed by atoms with E-state index in [0.29, 0.717) is 5.56 Å². The summed E-state index contributed by atoms with van der Waals surface area (Å²) in [6, 6.07) is 1.17. The van der Waals surface area contributed by atoms with Gasteiger partial charge in [0.15, 0.2) is 5.69 Å². The molecular weight excluding hydrogens is 203 g/mol. The molecule has 1 rings (SSSR count). The maximum atomic E-state index is 12.1. The highest BCUT2D eigenvalue weighted by atomic mass is 35.5. The van der Waals surface area contributed by atoms with Gasteiger partial charge >= 0.3 is 6.18 Å². The summed E-state index contributed by atoms with van der Waals surface area (Å²) in [4.78, 5) is 3.19. The Morgan fingerprint density at radius 1 is 1.46 bits per heavy atom. The first-order valence-corrected chi connectivity index (χ1v) is 3.68. The van der Waals surface area contributed by atoms with Gasteiger partial charge in [-0.2, -0.15) is 13.2 Å². The van der Waals surface area contributed by atoms with Crippen LogP contribution < -0.4 is 0 Å². The molecule has 0 aliphatic heterocycles. The van der Waals surface area contributed by atoms with Crippen LogP contribution in [0, 0.1) is 0 Å². The number of hydrogen-bond acceptors (Lipinski definition) is 1. The van der Waals surface area contributed by atoms with E-state index < -0.39 is 16.9 Å². The SMILES string of the molecule is C=Cc1cnc(C(F)(F)F)c(Cl)c1. The average molecular weight is 208 g/mol. The maximum Gasteiger partial charge on any atom is 0.434 e. The van der Waals surface area contributed by atoms with E-state index >= 15 is 0 Å². The number of pyridine rings is 1. The predicted molar refractivity (Wildman–Crippen MR) is 44.3 cm³/mol. The van der Waals surface area contributed by atoms with Gasteiger partial charge in [0, 0.05) is 6.20 Å². The summed E-state index contributed by atoms with van der Waals surface area (Å²) in [7, 11) is 0. The third-order valence-electron chi connectivity index (χ3n) is 1.37. The molecule has 70 valence electrons. The molecule has 0 atom stereocenters. The first-order valence-electron chi connectivity index (χ1n) is 3.30. The molecule has 1 heterocycles. The molecule has 1 nitrogen and oxygen atoms in total. The molecule has 0 spiro atoms. The Hall–Kier alpha value is -1.03. The quantitative estimate of drug-likeness (QED) is 0.688. The van der Waals surface area contributed by atoms with Crippen LogP contribution in [0.2, 0.25) is 5.02 Å². The van der Waals surface area contributed by atoms with Gasteiger partial charge in [-0.1, -0.05) is 24.3 Å². The smallest absolute Gasteiger partial charge is 0.250 e. The van der Waals surface area contributed by atoms with Crippen molar-refractivity contribution in [2.75, 3.05) is 0 Å². The Kier molecular flexibility index (Phi) is 2.61. The Morgan fingerprint density at radius 3 is 2.46 bits per heavy atom. The van der Waals surface area contributed by atoms with Gasteiger partial charge in [0.1, 0.15) is 0 Å². The molecule has 0 N–H and O–H groups in total. The van der Waals surface area contributed by atoms with Gasteiger partial charge in [-0.25, -0.2) is 4.98 Å². The van der Waals surface area contributed by atoms with Crippen molar-refractivity contribution in [3.63, 3.8) is 0 Å². The lowest BCUT2D eigenvalue weighted by Gasteiger charge is -2.07. The molecule has 0 aromatic carbocycles. The minimum atomic E-state index is -4.50. The summed E-state index contributed by atoms with van der Waals surface area (Å²) in [6.45, 7) is 3.38. The van der Waals surface area contributed by atoms with E-state index in [9.17, 15) is 13.2 Å². The van der Waals surface area contributed by atoms with Crippen molar-refractivity contribution in [1.29, 1.82) is 0 Å². The normalized spacial score (nSPS) is 11.4. The van der Waals surface area contributed by atoms with Crippen molar-refractivity contribution in [3.8, 4) is 0 Å². The van der Waals surface area contributed by atoms with Gasteiger partial charge in [0.25, 0.3) is 0 Å². The van der Waals surface area contributed by atoms with Crippen LogP contribution in [0.25, 0.3) is 6.08 Å². The van der Waals surface area contributed by atoms with E-state index in [1.54, 1.807) is 0 Å². The molecule has 0 unspecified atom stereocenters. The van der Waals surface area contributed by atoms with E-state index in [4.69, 9.17) is 11.6 Å². The molecule has 5 heteroatoms. The number of alkyl halides is 3. The lowest BCUT2D eigenvalue weighted by molar-refractivity contribution is -0.141. The molecule has 1 aromatic rings. The van der Waals surface area contributed by atoms with E-state index in [0.717, 1.165) is 6.20 Å². The topological polar surface area (TPSA) is 12.9 Å². The fourth-order valence-corrected chi connectivity index (χ4v) is 1.05. The minimum Gasteiger partial charge on any atom is -0.250 e. The highest BCUT2D eigenvalue weighted by Crippen LogP contribution is 2.33. The zero-order valence-corrected chi connectivity index (χ0v) is 7.15. The number of halogens is 4. The summed E-state index contributed by atoms with van der Waals surface area (Å²) < 4.78 is 36.3. The summed E-state index contributed by atoms with van der Waals surface area (Å²) in [5.74, 6) is 0. The lowest BCUT2D eigenvalue weighted by atomic mass is 10.2. The second-order valence-electron chi connectivity index (χ2n) is 2.30. The Bertz CT molecular complexity index is 333. The second kappa shape index (κ2) is 3.38. The van der Waals surface area contributed by atoms with E-state index in [1.165, 1.54) is 12.1 Å². The van der Waals surface area contributed by atoms with Crippen LogP contribution in [0.5, 0.6) is 0 Å². The van der Waals surface area contributed by atoms with Crippen LogP contribution in [0.4, 0.5) is 13.2 Å². The minimum absolute atomic E-state index is 0.412. The molecule has 13 heavy (non-hydrogen) atoms. The zero-order valence-electron chi connectivity index (χ0n) is 6.40. The van der Waals surface area contributed by atoms with Crippen LogP contribution in [0.15, 0.2) is 18.8 Å². The van der Waals surface area contributed by atoms with Crippen molar-refractivity contribution in [2.45, 2.75) is 6.18 Å². The van der Waals surface area contributed by atoms with Gasteiger partial charge in [-0.05, 0) is 11.6 Å². The van der Waals surface area contributed by atoms with Crippen LogP contribution in [-0.4, -0.2) is 4.98 Å². The molecule has 0 amide bonds. The molecule has 0 saturated carbocycles. The lowest BCUT2D eigenvalue weighted by Crippen LogP contribution is -2.08. The first-order chi connectivity index (χ1) is 5.95.